The molecule has 0 aliphatic heterocycles. The van der Waals surface area contributed by atoms with E-state index >= 15 is 0 Å². The second kappa shape index (κ2) is 5.63. The first-order valence-electron chi connectivity index (χ1n) is 5.75. The Balaban J connectivity index is 1.97. The van der Waals surface area contributed by atoms with Gasteiger partial charge in [0.15, 0.2) is 0 Å². The Kier molecular flexibility index (Phi) is 3.87. The fourth-order valence-corrected chi connectivity index (χ4v) is 4.38. The first-order chi connectivity index (χ1) is 9.65. The summed E-state index contributed by atoms with van der Waals surface area (Å²) < 4.78 is 1.69. The molecule has 0 saturated carbocycles. The predicted molar refractivity (Wildman–Crippen MR) is 89.4 cm³/mol. The number of hydrogen-bond donors (Lipinski definition) is 1. The first kappa shape index (κ1) is 13.7. The van der Waals surface area contributed by atoms with Crippen LogP contribution in [0.3, 0.4) is 0 Å². The van der Waals surface area contributed by atoms with Crippen molar-refractivity contribution in [2.75, 3.05) is 5.32 Å². The van der Waals surface area contributed by atoms with Crippen LogP contribution < -0.4 is 5.32 Å². The zero-order valence-electron chi connectivity index (χ0n) is 10.1. The molecule has 3 nitrogen and oxygen atoms in total. The van der Waals surface area contributed by atoms with Crippen LogP contribution in [0.15, 0.2) is 50.9 Å². The Morgan fingerprint density at radius 3 is 2.75 bits per heavy atom. The van der Waals surface area contributed by atoms with Crippen molar-refractivity contribution in [2.45, 2.75) is 0 Å². The van der Waals surface area contributed by atoms with Crippen molar-refractivity contribution in [3.05, 3.63) is 55.7 Å². The average molecular weight is 412 g/mol. The molecule has 0 bridgehead atoms. The topological polar surface area (TPSA) is 42.0 Å². The third kappa shape index (κ3) is 2.63. The molecule has 0 radical (unpaired) electrons. The summed E-state index contributed by atoms with van der Waals surface area (Å²) in [5.41, 5.74) is 1.50. The van der Waals surface area contributed by atoms with Gasteiger partial charge in [-0.05, 0) is 50.1 Å². The molecule has 0 spiro atoms. The number of thiophene rings is 1. The van der Waals surface area contributed by atoms with Gasteiger partial charge in [0.1, 0.15) is 4.88 Å². The third-order valence-corrected chi connectivity index (χ3v) is 5.27. The normalized spacial score (nSPS) is 10.7. The van der Waals surface area contributed by atoms with E-state index in [1.54, 1.807) is 6.20 Å². The van der Waals surface area contributed by atoms with Crippen LogP contribution in [0, 0.1) is 0 Å². The highest BCUT2D eigenvalue weighted by molar-refractivity contribution is 9.11. The molecule has 1 aromatic carbocycles. The van der Waals surface area contributed by atoms with E-state index in [4.69, 9.17) is 0 Å². The van der Waals surface area contributed by atoms with Crippen molar-refractivity contribution in [3.8, 4) is 0 Å². The van der Waals surface area contributed by atoms with Gasteiger partial charge in [-0.25, -0.2) is 0 Å². The molecule has 1 N–H and O–H groups in total. The molecule has 0 saturated heterocycles. The summed E-state index contributed by atoms with van der Waals surface area (Å²) in [6.07, 6.45) is 1.72. The van der Waals surface area contributed by atoms with Gasteiger partial charge in [-0.1, -0.05) is 18.2 Å². The van der Waals surface area contributed by atoms with E-state index in [2.05, 4.69) is 42.2 Å². The second-order valence-electron chi connectivity index (χ2n) is 4.06. The van der Waals surface area contributed by atoms with Gasteiger partial charge in [-0.2, -0.15) is 0 Å². The van der Waals surface area contributed by atoms with Crippen LogP contribution in [-0.2, 0) is 0 Å². The van der Waals surface area contributed by atoms with Crippen molar-refractivity contribution in [2.24, 2.45) is 0 Å². The molecular weight excluding hydrogens is 404 g/mol. The molecule has 0 aliphatic carbocycles. The van der Waals surface area contributed by atoms with Crippen molar-refractivity contribution in [1.29, 1.82) is 0 Å². The highest BCUT2D eigenvalue weighted by Gasteiger charge is 2.15. The maximum Gasteiger partial charge on any atom is 0.266 e. The molecule has 2 heterocycles. The first-order valence-corrected chi connectivity index (χ1v) is 8.15. The van der Waals surface area contributed by atoms with Crippen LogP contribution in [0.1, 0.15) is 9.67 Å². The smallest absolute Gasteiger partial charge is 0.266 e. The van der Waals surface area contributed by atoms with Gasteiger partial charge >= 0.3 is 0 Å². The molecule has 3 rings (SSSR count). The molecular formula is C14H8Br2N2OS. The van der Waals surface area contributed by atoms with Crippen molar-refractivity contribution in [1.82, 2.24) is 4.98 Å². The molecule has 0 aliphatic rings. The number of para-hydroxylation sites is 1. The number of carbonyl (C=O) groups is 1. The number of hydrogen-bond acceptors (Lipinski definition) is 3. The second-order valence-corrected chi connectivity index (χ2v) is 7.35. The minimum Gasteiger partial charge on any atom is -0.319 e. The summed E-state index contributed by atoms with van der Waals surface area (Å²) >= 11 is 8.14. The molecule has 1 amide bonds. The van der Waals surface area contributed by atoms with E-state index in [1.165, 1.54) is 11.3 Å². The van der Waals surface area contributed by atoms with E-state index in [-0.39, 0.29) is 5.91 Å². The van der Waals surface area contributed by atoms with Crippen molar-refractivity contribution < 1.29 is 4.79 Å². The lowest BCUT2D eigenvalue weighted by molar-refractivity contribution is 0.103. The van der Waals surface area contributed by atoms with E-state index < -0.39 is 0 Å². The summed E-state index contributed by atoms with van der Waals surface area (Å²) in [6, 6.07) is 11.4. The van der Waals surface area contributed by atoms with Crippen LogP contribution in [0.5, 0.6) is 0 Å². The molecule has 0 atom stereocenters. The largest absolute Gasteiger partial charge is 0.319 e. The van der Waals surface area contributed by atoms with Gasteiger partial charge < -0.3 is 5.32 Å². The quantitative estimate of drug-likeness (QED) is 0.639. The molecule has 3 aromatic rings. The standard InChI is InChI=1S/C14H8Br2N2OS/c15-9-7-11(16)20-13(9)14(19)18-10-5-1-3-8-4-2-6-17-12(8)10/h1-7H,(H,18,19). The zero-order chi connectivity index (χ0) is 14.1. The molecule has 0 unspecified atom stereocenters. The summed E-state index contributed by atoms with van der Waals surface area (Å²) in [5.74, 6) is -0.147. The van der Waals surface area contributed by atoms with Crippen LogP contribution in [0.4, 0.5) is 5.69 Å². The number of benzene rings is 1. The number of anilines is 1. The third-order valence-electron chi connectivity index (χ3n) is 2.74. The van der Waals surface area contributed by atoms with E-state index in [0.717, 1.165) is 19.2 Å². The highest BCUT2D eigenvalue weighted by atomic mass is 79.9. The number of halogens is 2. The monoisotopic (exact) mass is 410 g/mol. The summed E-state index contributed by atoms with van der Waals surface area (Å²) in [7, 11) is 0. The number of carbonyl (C=O) groups excluding carboxylic acids is 1. The number of aromatic nitrogens is 1. The van der Waals surface area contributed by atoms with Gasteiger partial charge in [0, 0.05) is 16.1 Å². The number of amides is 1. The molecule has 100 valence electrons. The van der Waals surface area contributed by atoms with Gasteiger partial charge in [0.2, 0.25) is 0 Å². The summed E-state index contributed by atoms with van der Waals surface area (Å²) in [5, 5.41) is 3.91. The van der Waals surface area contributed by atoms with Crippen molar-refractivity contribution in [3.63, 3.8) is 0 Å². The zero-order valence-corrected chi connectivity index (χ0v) is 14.0. The van der Waals surface area contributed by atoms with E-state index in [0.29, 0.717) is 10.6 Å². The number of fused-ring (bicyclic) bond motifs is 1. The van der Waals surface area contributed by atoms with Gasteiger partial charge in [0.25, 0.3) is 5.91 Å². The number of rotatable bonds is 2. The van der Waals surface area contributed by atoms with Crippen LogP contribution in [0.2, 0.25) is 0 Å². The maximum absolute atomic E-state index is 12.3. The van der Waals surface area contributed by atoms with Crippen LogP contribution in [0.25, 0.3) is 10.9 Å². The lowest BCUT2D eigenvalue weighted by atomic mass is 10.2. The Labute approximate surface area is 136 Å². The molecule has 6 heteroatoms. The van der Waals surface area contributed by atoms with Gasteiger partial charge in [-0.3, -0.25) is 9.78 Å². The molecule has 20 heavy (non-hydrogen) atoms. The van der Waals surface area contributed by atoms with Gasteiger partial charge in [-0.15, -0.1) is 11.3 Å². The highest BCUT2D eigenvalue weighted by Crippen LogP contribution is 2.32. The minimum absolute atomic E-state index is 0.147. The number of nitrogens with one attached hydrogen (secondary N) is 1. The number of pyridine rings is 1. The summed E-state index contributed by atoms with van der Waals surface area (Å²) in [6.45, 7) is 0. The van der Waals surface area contributed by atoms with Crippen LogP contribution >= 0.6 is 43.2 Å². The molecule has 2 aromatic heterocycles. The minimum atomic E-state index is -0.147. The SMILES string of the molecule is O=C(Nc1cccc2cccnc12)c1sc(Br)cc1Br. The Morgan fingerprint density at radius 2 is 2.00 bits per heavy atom. The lowest BCUT2D eigenvalue weighted by Gasteiger charge is -2.07. The van der Waals surface area contributed by atoms with Gasteiger partial charge in [0.05, 0.1) is 15.0 Å². The summed E-state index contributed by atoms with van der Waals surface area (Å²) in [4.78, 5) is 17.3. The van der Waals surface area contributed by atoms with E-state index in [1.807, 2.05) is 36.4 Å². The fourth-order valence-electron chi connectivity index (χ4n) is 1.88. The Hall–Kier alpha value is -1.24. The predicted octanol–water partition coefficient (Wildman–Crippen LogP) is 5.07. The Morgan fingerprint density at radius 1 is 1.20 bits per heavy atom. The Bertz CT molecular complexity index is 795. The maximum atomic E-state index is 12.3. The fraction of sp³-hybridized carbons (Fsp3) is 0. The van der Waals surface area contributed by atoms with Crippen LogP contribution in [-0.4, -0.2) is 10.9 Å². The number of nitrogens with zero attached hydrogens (tertiary/aromatic N) is 1. The van der Waals surface area contributed by atoms with Crippen molar-refractivity contribution >= 4 is 65.7 Å². The van der Waals surface area contributed by atoms with E-state index in [9.17, 15) is 4.79 Å². The average Bonchev–Trinajstić information content (AvgIpc) is 2.78. The lowest BCUT2D eigenvalue weighted by Crippen LogP contribution is -2.11. The molecule has 0 fully saturated rings.